The van der Waals surface area contributed by atoms with Gasteiger partial charge in [0.25, 0.3) is 0 Å². The van der Waals surface area contributed by atoms with E-state index in [9.17, 15) is 4.79 Å². The predicted molar refractivity (Wildman–Crippen MR) is 81.7 cm³/mol. The number of aromatic nitrogens is 2. The first kappa shape index (κ1) is 16.7. The van der Waals surface area contributed by atoms with Gasteiger partial charge >= 0.3 is 6.03 Å². The van der Waals surface area contributed by atoms with Crippen molar-refractivity contribution in [1.82, 2.24) is 20.4 Å². The molecule has 0 aliphatic carbocycles. The molecule has 0 radical (unpaired) electrons. The normalized spacial score (nSPS) is 22.1. The molecule has 7 heteroatoms. The minimum atomic E-state index is -0.291. The van der Waals surface area contributed by atoms with Gasteiger partial charge in [-0.15, -0.1) is 0 Å². The van der Waals surface area contributed by atoms with Crippen LogP contribution in [-0.4, -0.2) is 53.9 Å². The van der Waals surface area contributed by atoms with Crippen LogP contribution in [0.15, 0.2) is 4.52 Å². The maximum Gasteiger partial charge on any atom is 0.317 e. The molecule has 2 rings (SSSR count). The molecule has 0 saturated carbocycles. The van der Waals surface area contributed by atoms with Gasteiger partial charge in [0.05, 0.1) is 5.41 Å². The topological polar surface area (TPSA) is 80.5 Å². The summed E-state index contributed by atoms with van der Waals surface area (Å²) in [5.74, 6) is 1.24. The standard InChI is InChI=1S/C15H26N4O3/c1-11(2)16-14(20)19-8-5-6-15(10-19,7-9-21-4)13-17-12(3)22-18-13/h11H,5-10H2,1-4H3,(H,16,20). The number of nitrogens with one attached hydrogen (secondary N) is 1. The van der Waals surface area contributed by atoms with Crippen molar-refractivity contribution in [3.63, 3.8) is 0 Å². The number of aryl methyl sites for hydroxylation is 1. The largest absolute Gasteiger partial charge is 0.385 e. The molecule has 1 fully saturated rings. The van der Waals surface area contributed by atoms with Gasteiger partial charge in [0.2, 0.25) is 5.89 Å². The third kappa shape index (κ3) is 3.76. The Hall–Kier alpha value is -1.63. The molecule has 0 spiro atoms. The van der Waals surface area contributed by atoms with Gasteiger partial charge < -0.3 is 19.5 Å². The summed E-state index contributed by atoms with van der Waals surface area (Å²) < 4.78 is 10.4. The van der Waals surface area contributed by atoms with Crippen LogP contribution in [0.1, 0.15) is 44.8 Å². The van der Waals surface area contributed by atoms with Gasteiger partial charge in [-0.2, -0.15) is 4.98 Å². The minimum absolute atomic E-state index is 0.0308. The summed E-state index contributed by atoms with van der Waals surface area (Å²) in [7, 11) is 1.68. The van der Waals surface area contributed by atoms with Gasteiger partial charge in [0, 0.05) is 39.8 Å². The van der Waals surface area contributed by atoms with Crippen LogP contribution in [0, 0.1) is 6.92 Å². The van der Waals surface area contributed by atoms with Crippen LogP contribution in [0.4, 0.5) is 4.79 Å². The van der Waals surface area contributed by atoms with Crippen molar-refractivity contribution >= 4 is 6.03 Å². The molecular weight excluding hydrogens is 284 g/mol. The highest BCUT2D eigenvalue weighted by atomic mass is 16.5. The first-order valence-corrected chi connectivity index (χ1v) is 7.82. The fourth-order valence-corrected chi connectivity index (χ4v) is 2.95. The zero-order chi connectivity index (χ0) is 16.2. The second-order valence-electron chi connectivity index (χ2n) is 6.29. The van der Waals surface area contributed by atoms with E-state index in [0.717, 1.165) is 25.8 Å². The number of rotatable bonds is 5. The smallest absolute Gasteiger partial charge is 0.317 e. The highest BCUT2D eigenvalue weighted by Crippen LogP contribution is 2.35. The van der Waals surface area contributed by atoms with Crippen LogP contribution in [-0.2, 0) is 10.2 Å². The van der Waals surface area contributed by atoms with Crippen LogP contribution in [0.5, 0.6) is 0 Å². The molecular formula is C15H26N4O3. The summed E-state index contributed by atoms with van der Waals surface area (Å²) >= 11 is 0. The Bertz CT molecular complexity index is 503. The van der Waals surface area contributed by atoms with Crippen molar-refractivity contribution in [3.05, 3.63) is 11.7 Å². The number of piperidine rings is 1. The lowest BCUT2D eigenvalue weighted by Gasteiger charge is -2.41. The molecule has 1 aliphatic heterocycles. The zero-order valence-electron chi connectivity index (χ0n) is 13.9. The Balaban J connectivity index is 2.19. The third-order valence-corrected chi connectivity index (χ3v) is 4.06. The van der Waals surface area contributed by atoms with E-state index >= 15 is 0 Å². The van der Waals surface area contributed by atoms with E-state index in [2.05, 4.69) is 15.5 Å². The van der Waals surface area contributed by atoms with Crippen molar-refractivity contribution in [2.45, 2.75) is 51.5 Å². The maximum absolute atomic E-state index is 12.3. The predicted octanol–water partition coefficient (Wildman–Crippen LogP) is 1.87. The Morgan fingerprint density at radius 1 is 1.55 bits per heavy atom. The summed E-state index contributed by atoms with van der Waals surface area (Å²) in [5.41, 5.74) is -0.291. The Morgan fingerprint density at radius 2 is 2.32 bits per heavy atom. The fraction of sp³-hybridized carbons (Fsp3) is 0.800. The van der Waals surface area contributed by atoms with Gasteiger partial charge in [-0.3, -0.25) is 0 Å². The molecule has 1 unspecified atom stereocenters. The number of carbonyl (C=O) groups is 1. The number of carbonyl (C=O) groups excluding carboxylic acids is 1. The minimum Gasteiger partial charge on any atom is -0.385 e. The van der Waals surface area contributed by atoms with E-state index in [-0.39, 0.29) is 17.5 Å². The first-order valence-electron chi connectivity index (χ1n) is 7.82. The lowest BCUT2D eigenvalue weighted by Crippen LogP contribution is -2.53. The zero-order valence-corrected chi connectivity index (χ0v) is 13.9. The molecule has 124 valence electrons. The fourth-order valence-electron chi connectivity index (χ4n) is 2.95. The SMILES string of the molecule is COCCC1(c2noc(C)n2)CCCN(C(=O)NC(C)C)C1. The van der Waals surface area contributed by atoms with E-state index in [1.165, 1.54) is 0 Å². The summed E-state index contributed by atoms with van der Waals surface area (Å²) in [5, 5.41) is 7.07. The highest BCUT2D eigenvalue weighted by Gasteiger charge is 2.42. The molecule has 2 heterocycles. The Labute approximate surface area is 131 Å². The molecule has 1 saturated heterocycles. The molecule has 7 nitrogen and oxygen atoms in total. The van der Waals surface area contributed by atoms with Gasteiger partial charge in [0.1, 0.15) is 0 Å². The summed E-state index contributed by atoms with van der Waals surface area (Å²) in [6.45, 7) is 7.66. The van der Waals surface area contributed by atoms with Crippen molar-refractivity contribution < 1.29 is 14.1 Å². The van der Waals surface area contributed by atoms with Crippen LogP contribution < -0.4 is 5.32 Å². The van der Waals surface area contributed by atoms with Crippen LogP contribution >= 0.6 is 0 Å². The number of hydrogen-bond acceptors (Lipinski definition) is 5. The molecule has 1 aliphatic rings. The van der Waals surface area contributed by atoms with E-state index in [1.54, 1.807) is 14.0 Å². The molecule has 1 atom stereocenters. The van der Waals surface area contributed by atoms with Gasteiger partial charge in [-0.1, -0.05) is 5.16 Å². The molecule has 22 heavy (non-hydrogen) atoms. The number of nitrogens with zero attached hydrogens (tertiary/aromatic N) is 3. The summed E-state index contributed by atoms with van der Waals surface area (Å²) in [6, 6.07) is 0.0898. The summed E-state index contributed by atoms with van der Waals surface area (Å²) in [6.07, 6.45) is 2.62. The van der Waals surface area contributed by atoms with Gasteiger partial charge in [0.15, 0.2) is 5.82 Å². The molecule has 1 aromatic heterocycles. The van der Waals surface area contributed by atoms with Gasteiger partial charge in [-0.05, 0) is 33.1 Å². The van der Waals surface area contributed by atoms with Crippen molar-refractivity contribution in [1.29, 1.82) is 0 Å². The van der Waals surface area contributed by atoms with E-state index in [1.807, 2.05) is 18.7 Å². The monoisotopic (exact) mass is 310 g/mol. The number of hydrogen-bond donors (Lipinski definition) is 1. The van der Waals surface area contributed by atoms with Crippen molar-refractivity contribution in [3.8, 4) is 0 Å². The second-order valence-corrected chi connectivity index (χ2v) is 6.29. The van der Waals surface area contributed by atoms with Crippen LogP contribution in [0.2, 0.25) is 0 Å². The number of urea groups is 1. The molecule has 0 aromatic carbocycles. The maximum atomic E-state index is 12.3. The summed E-state index contributed by atoms with van der Waals surface area (Å²) in [4.78, 5) is 18.6. The van der Waals surface area contributed by atoms with Gasteiger partial charge in [-0.25, -0.2) is 4.79 Å². The number of amides is 2. The van der Waals surface area contributed by atoms with Crippen molar-refractivity contribution in [2.75, 3.05) is 26.8 Å². The number of methoxy groups -OCH3 is 1. The average molecular weight is 310 g/mol. The second kappa shape index (κ2) is 7.09. The molecule has 0 bridgehead atoms. The highest BCUT2D eigenvalue weighted by molar-refractivity contribution is 5.74. The Morgan fingerprint density at radius 3 is 2.91 bits per heavy atom. The quantitative estimate of drug-likeness (QED) is 0.898. The van der Waals surface area contributed by atoms with E-state index in [4.69, 9.17) is 9.26 Å². The van der Waals surface area contributed by atoms with Crippen LogP contribution in [0.3, 0.4) is 0 Å². The van der Waals surface area contributed by atoms with Crippen LogP contribution in [0.25, 0.3) is 0 Å². The van der Waals surface area contributed by atoms with E-state index in [0.29, 0.717) is 24.9 Å². The number of ether oxygens (including phenoxy) is 1. The molecule has 2 amide bonds. The lowest BCUT2D eigenvalue weighted by atomic mass is 9.76. The number of likely N-dealkylation sites (tertiary alicyclic amines) is 1. The van der Waals surface area contributed by atoms with Crippen molar-refractivity contribution in [2.24, 2.45) is 0 Å². The Kier molecular flexibility index (Phi) is 5.39. The first-order chi connectivity index (χ1) is 10.5. The van der Waals surface area contributed by atoms with E-state index < -0.39 is 0 Å². The average Bonchev–Trinajstić information content (AvgIpc) is 2.92. The molecule has 1 N–H and O–H groups in total. The third-order valence-electron chi connectivity index (χ3n) is 4.06. The molecule has 1 aromatic rings. The lowest BCUT2D eigenvalue weighted by molar-refractivity contribution is 0.106.